The van der Waals surface area contributed by atoms with Crippen LogP contribution < -0.4 is 10.6 Å². The smallest absolute Gasteiger partial charge is 0.329 e. The molecule has 0 saturated heterocycles. The number of amides is 3. The van der Waals surface area contributed by atoms with Crippen molar-refractivity contribution < 1.29 is 24.2 Å². The monoisotopic (exact) mass is 261 g/mol. The van der Waals surface area contributed by atoms with Crippen molar-refractivity contribution in [3.8, 4) is 0 Å². The van der Waals surface area contributed by atoms with Gasteiger partial charge in [-0.1, -0.05) is 0 Å². The molecular weight excluding hydrogens is 242 g/mol. The quantitative estimate of drug-likeness (QED) is 0.479. The predicted octanol–water partition coefficient (Wildman–Crippen LogP) is -1.13. The molecule has 0 atom stereocenters. The summed E-state index contributed by atoms with van der Waals surface area (Å²) in [6.45, 7) is 2.16. The van der Waals surface area contributed by atoms with E-state index in [1.54, 1.807) is 6.92 Å². The van der Waals surface area contributed by atoms with Crippen molar-refractivity contribution in [3.05, 3.63) is 0 Å². The van der Waals surface area contributed by atoms with E-state index in [2.05, 4.69) is 10.6 Å². The summed E-state index contributed by atoms with van der Waals surface area (Å²) in [6, 6.07) is -0.417. The van der Waals surface area contributed by atoms with Crippen molar-refractivity contribution in [2.24, 2.45) is 0 Å². The first-order chi connectivity index (χ1) is 8.47. The van der Waals surface area contributed by atoms with Crippen LogP contribution in [-0.4, -0.2) is 67.8 Å². The van der Waals surface area contributed by atoms with Gasteiger partial charge in [0, 0.05) is 20.1 Å². The first kappa shape index (κ1) is 16.2. The van der Waals surface area contributed by atoms with Crippen LogP contribution in [-0.2, 0) is 14.3 Å². The van der Waals surface area contributed by atoms with Crippen LogP contribution in [0.15, 0.2) is 0 Å². The van der Waals surface area contributed by atoms with E-state index >= 15 is 0 Å². The summed E-state index contributed by atoms with van der Waals surface area (Å²) in [4.78, 5) is 34.0. The van der Waals surface area contributed by atoms with E-state index in [-0.39, 0.29) is 25.6 Å². The molecular formula is C10H19N3O5. The molecule has 8 nitrogen and oxygen atoms in total. The molecule has 104 valence electrons. The Morgan fingerprint density at radius 1 is 1.28 bits per heavy atom. The molecule has 0 aromatic heterocycles. The van der Waals surface area contributed by atoms with Crippen molar-refractivity contribution in [3.63, 3.8) is 0 Å². The van der Waals surface area contributed by atoms with Gasteiger partial charge in [-0.3, -0.25) is 4.79 Å². The number of aliphatic carboxylic acids is 1. The summed E-state index contributed by atoms with van der Waals surface area (Å²) < 4.78 is 4.73. The van der Waals surface area contributed by atoms with Gasteiger partial charge in [-0.25, -0.2) is 9.59 Å². The SMILES string of the molecule is CCNC(=O)CN(C)C(=O)NCCOCC(=O)O. The van der Waals surface area contributed by atoms with Gasteiger partial charge in [-0.05, 0) is 6.92 Å². The second-order valence-corrected chi connectivity index (χ2v) is 3.49. The fourth-order valence-corrected chi connectivity index (χ4v) is 1.06. The van der Waals surface area contributed by atoms with E-state index in [0.717, 1.165) is 0 Å². The topological polar surface area (TPSA) is 108 Å². The zero-order chi connectivity index (χ0) is 14.0. The highest BCUT2D eigenvalue weighted by Crippen LogP contribution is 1.84. The molecule has 0 spiro atoms. The minimum atomic E-state index is -1.06. The van der Waals surface area contributed by atoms with Crippen molar-refractivity contribution >= 4 is 17.9 Å². The lowest BCUT2D eigenvalue weighted by molar-refractivity contribution is -0.142. The number of ether oxygens (including phenoxy) is 1. The van der Waals surface area contributed by atoms with Crippen molar-refractivity contribution in [1.82, 2.24) is 15.5 Å². The molecule has 0 aliphatic rings. The van der Waals surface area contributed by atoms with Crippen molar-refractivity contribution in [2.45, 2.75) is 6.92 Å². The van der Waals surface area contributed by atoms with E-state index in [9.17, 15) is 14.4 Å². The van der Waals surface area contributed by atoms with E-state index < -0.39 is 18.6 Å². The summed E-state index contributed by atoms with van der Waals surface area (Å²) >= 11 is 0. The number of carbonyl (C=O) groups excluding carboxylic acids is 2. The largest absolute Gasteiger partial charge is 0.480 e. The molecule has 0 aliphatic carbocycles. The van der Waals surface area contributed by atoms with Crippen LogP contribution in [0.4, 0.5) is 4.79 Å². The molecule has 0 bridgehead atoms. The lowest BCUT2D eigenvalue weighted by Crippen LogP contribution is -2.44. The van der Waals surface area contributed by atoms with Crippen LogP contribution in [0.5, 0.6) is 0 Å². The Hall–Kier alpha value is -1.83. The average molecular weight is 261 g/mol. The number of urea groups is 1. The number of likely N-dealkylation sites (N-methyl/N-ethyl adjacent to an activating group) is 2. The van der Waals surface area contributed by atoms with Crippen LogP contribution in [0.2, 0.25) is 0 Å². The van der Waals surface area contributed by atoms with Crippen molar-refractivity contribution in [1.29, 1.82) is 0 Å². The zero-order valence-electron chi connectivity index (χ0n) is 10.6. The maximum absolute atomic E-state index is 11.4. The lowest BCUT2D eigenvalue weighted by Gasteiger charge is -2.17. The van der Waals surface area contributed by atoms with Gasteiger partial charge in [-0.2, -0.15) is 0 Å². The van der Waals surface area contributed by atoms with Crippen LogP contribution >= 0.6 is 0 Å². The van der Waals surface area contributed by atoms with Crippen LogP contribution in [0.25, 0.3) is 0 Å². The van der Waals surface area contributed by atoms with Gasteiger partial charge in [0.1, 0.15) is 13.2 Å². The van der Waals surface area contributed by atoms with E-state index in [4.69, 9.17) is 9.84 Å². The molecule has 0 fully saturated rings. The number of nitrogens with one attached hydrogen (secondary N) is 2. The first-order valence-corrected chi connectivity index (χ1v) is 5.52. The van der Waals surface area contributed by atoms with Gasteiger partial charge < -0.3 is 25.4 Å². The molecule has 0 heterocycles. The molecule has 8 heteroatoms. The summed E-state index contributed by atoms with van der Waals surface area (Å²) in [7, 11) is 1.49. The Bertz CT molecular complexity index is 295. The normalized spacial score (nSPS) is 9.67. The summed E-state index contributed by atoms with van der Waals surface area (Å²) in [5.41, 5.74) is 0. The lowest BCUT2D eigenvalue weighted by atomic mass is 10.5. The van der Waals surface area contributed by atoms with Gasteiger partial charge in [0.05, 0.1) is 6.61 Å². The minimum absolute atomic E-state index is 0.0321. The molecule has 0 aliphatic heterocycles. The fourth-order valence-electron chi connectivity index (χ4n) is 1.06. The minimum Gasteiger partial charge on any atom is -0.480 e. The Kier molecular flexibility index (Phi) is 8.29. The number of rotatable bonds is 8. The highest BCUT2D eigenvalue weighted by molar-refractivity contribution is 5.83. The third-order valence-corrected chi connectivity index (χ3v) is 1.85. The van der Waals surface area contributed by atoms with Gasteiger partial charge in [0.15, 0.2) is 0 Å². The molecule has 0 rings (SSSR count). The standard InChI is InChI=1S/C10H19N3O5/c1-3-11-8(14)6-13(2)10(17)12-4-5-18-7-9(15)16/h3-7H2,1-2H3,(H,11,14)(H,12,17)(H,15,16). The fraction of sp³-hybridized carbons (Fsp3) is 0.700. The molecule has 18 heavy (non-hydrogen) atoms. The molecule has 0 aromatic rings. The molecule has 0 saturated carbocycles. The summed E-state index contributed by atoms with van der Waals surface area (Å²) in [6.07, 6.45) is 0. The van der Waals surface area contributed by atoms with E-state index in [0.29, 0.717) is 6.54 Å². The third-order valence-electron chi connectivity index (χ3n) is 1.85. The Morgan fingerprint density at radius 3 is 2.50 bits per heavy atom. The maximum atomic E-state index is 11.4. The van der Waals surface area contributed by atoms with E-state index in [1.807, 2.05) is 0 Å². The third kappa shape index (κ3) is 8.34. The zero-order valence-corrected chi connectivity index (χ0v) is 10.6. The maximum Gasteiger partial charge on any atom is 0.329 e. The van der Waals surface area contributed by atoms with Gasteiger partial charge in [0.2, 0.25) is 5.91 Å². The number of nitrogens with zero attached hydrogens (tertiary/aromatic N) is 1. The number of carbonyl (C=O) groups is 3. The van der Waals surface area contributed by atoms with Crippen LogP contribution in [0.1, 0.15) is 6.92 Å². The number of carboxylic acid groups (broad SMARTS) is 1. The second kappa shape index (κ2) is 9.23. The molecule has 3 N–H and O–H groups in total. The first-order valence-electron chi connectivity index (χ1n) is 5.52. The van der Waals surface area contributed by atoms with Crippen LogP contribution in [0, 0.1) is 0 Å². The van der Waals surface area contributed by atoms with Gasteiger partial charge in [-0.15, -0.1) is 0 Å². The summed E-state index contributed by atoms with van der Waals surface area (Å²) in [5, 5.41) is 13.4. The Morgan fingerprint density at radius 2 is 1.94 bits per heavy atom. The molecule has 0 unspecified atom stereocenters. The van der Waals surface area contributed by atoms with Gasteiger partial charge in [0.25, 0.3) is 0 Å². The Balaban J connectivity index is 3.68. The summed E-state index contributed by atoms with van der Waals surface area (Å²) in [5.74, 6) is -1.30. The number of carboxylic acids is 1. The molecule has 0 radical (unpaired) electrons. The predicted molar refractivity (Wildman–Crippen MR) is 63.2 cm³/mol. The second-order valence-electron chi connectivity index (χ2n) is 3.49. The van der Waals surface area contributed by atoms with Gasteiger partial charge >= 0.3 is 12.0 Å². The van der Waals surface area contributed by atoms with Crippen LogP contribution in [0.3, 0.4) is 0 Å². The average Bonchev–Trinajstić information content (AvgIpc) is 2.28. The van der Waals surface area contributed by atoms with Crippen molar-refractivity contribution in [2.75, 3.05) is 39.9 Å². The van der Waals surface area contributed by atoms with E-state index in [1.165, 1.54) is 11.9 Å². The number of hydrogen-bond donors (Lipinski definition) is 3. The Labute approximate surface area is 105 Å². The highest BCUT2D eigenvalue weighted by Gasteiger charge is 2.11. The molecule has 0 aromatic carbocycles. The number of hydrogen-bond acceptors (Lipinski definition) is 4. The highest BCUT2D eigenvalue weighted by atomic mass is 16.5. The molecule has 3 amide bonds.